The fourth-order valence-electron chi connectivity index (χ4n) is 1.35. The van der Waals surface area contributed by atoms with Crippen LogP contribution in [0.15, 0.2) is 36.5 Å². The number of aryl methyl sites for hydroxylation is 1. The molecule has 2 rings (SSSR count). The lowest BCUT2D eigenvalue weighted by Gasteiger charge is -2.03. The minimum Gasteiger partial charge on any atom is -0.506 e. The minimum absolute atomic E-state index is 0.164. The Morgan fingerprint density at radius 2 is 1.87 bits per heavy atom. The summed E-state index contributed by atoms with van der Waals surface area (Å²) in [6.07, 6.45) is 1.23. The molecular formula is C12H10FNO. The highest BCUT2D eigenvalue weighted by Gasteiger charge is 2.06. The Balaban J connectivity index is 2.49. The van der Waals surface area contributed by atoms with E-state index in [1.807, 2.05) is 19.1 Å². The van der Waals surface area contributed by atoms with E-state index in [9.17, 15) is 4.39 Å². The molecule has 1 aromatic carbocycles. The van der Waals surface area contributed by atoms with Gasteiger partial charge in [0, 0.05) is 11.6 Å². The maximum Gasteiger partial charge on any atom is 0.153 e. The first kappa shape index (κ1) is 9.65. The molecule has 0 aliphatic rings. The predicted molar refractivity (Wildman–Crippen MR) is 56.0 cm³/mol. The van der Waals surface area contributed by atoms with E-state index in [0.29, 0.717) is 5.56 Å². The van der Waals surface area contributed by atoms with E-state index < -0.39 is 5.82 Å². The summed E-state index contributed by atoms with van der Waals surface area (Å²) >= 11 is 0. The number of rotatable bonds is 1. The highest BCUT2D eigenvalue weighted by molar-refractivity contribution is 5.60. The number of hydrogen-bond donors (Lipinski definition) is 1. The van der Waals surface area contributed by atoms with Crippen molar-refractivity contribution in [3.8, 4) is 17.0 Å². The molecule has 0 radical (unpaired) electrons. The smallest absolute Gasteiger partial charge is 0.153 e. The number of aromatic hydroxyl groups is 1. The summed E-state index contributed by atoms with van der Waals surface area (Å²) in [4.78, 5) is 3.85. The third kappa shape index (κ3) is 1.96. The molecule has 0 unspecified atom stereocenters. The maximum atomic E-state index is 13.4. The summed E-state index contributed by atoms with van der Waals surface area (Å²) in [5, 5.41) is 9.03. The molecule has 0 saturated carbocycles. The normalized spacial score (nSPS) is 10.3. The van der Waals surface area contributed by atoms with Crippen molar-refractivity contribution in [3.05, 3.63) is 47.9 Å². The van der Waals surface area contributed by atoms with Gasteiger partial charge < -0.3 is 5.11 Å². The Labute approximate surface area is 87.0 Å². The van der Waals surface area contributed by atoms with E-state index in [0.717, 1.165) is 11.6 Å². The molecule has 15 heavy (non-hydrogen) atoms. The van der Waals surface area contributed by atoms with Gasteiger partial charge in [-0.1, -0.05) is 29.8 Å². The molecule has 0 aliphatic heterocycles. The maximum absolute atomic E-state index is 13.4. The highest BCUT2D eigenvalue weighted by atomic mass is 19.1. The summed E-state index contributed by atoms with van der Waals surface area (Å²) in [5.41, 5.74) is 2.07. The Hall–Kier alpha value is -1.90. The van der Waals surface area contributed by atoms with Crippen LogP contribution in [0.1, 0.15) is 5.56 Å². The van der Waals surface area contributed by atoms with Crippen LogP contribution in [0.4, 0.5) is 4.39 Å². The number of halogens is 1. The topological polar surface area (TPSA) is 33.1 Å². The van der Waals surface area contributed by atoms with E-state index in [4.69, 9.17) is 5.11 Å². The van der Waals surface area contributed by atoms with Gasteiger partial charge in [0.1, 0.15) is 11.4 Å². The van der Waals surface area contributed by atoms with Crippen LogP contribution in [0.5, 0.6) is 5.75 Å². The third-order valence-corrected chi connectivity index (χ3v) is 2.15. The molecule has 0 aliphatic carbocycles. The predicted octanol–water partition coefficient (Wildman–Crippen LogP) is 2.90. The van der Waals surface area contributed by atoms with E-state index in [1.54, 1.807) is 12.1 Å². The molecule has 3 heteroatoms. The van der Waals surface area contributed by atoms with Gasteiger partial charge in [0.25, 0.3) is 0 Å². The minimum atomic E-state index is -0.515. The number of benzene rings is 1. The van der Waals surface area contributed by atoms with Crippen molar-refractivity contribution >= 4 is 0 Å². The van der Waals surface area contributed by atoms with E-state index in [-0.39, 0.29) is 11.4 Å². The first-order valence-electron chi connectivity index (χ1n) is 4.58. The van der Waals surface area contributed by atoms with Crippen LogP contribution >= 0.6 is 0 Å². The van der Waals surface area contributed by atoms with Crippen molar-refractivity contribution in [2.45, 2.75) is 6.92 Å². The lowest BCUT2D eigenvalue weighted by Crippen LogP contribution is -1.88. The second kappa shape index (κ2) is 3.69. The number of nitrogens with zero attached hydrogens (tertiary/aromatic N) is 1. The van der Waals surface area contributed by atoms with E-state index in [2.05, 4.69) is 4.98 Å². The molecule has 1 aromatic heterocycles. The van der Waals surface area contributed by atoms with Crippen molar-refractivity contribution in [1.82, 2.24) is 4.98 Å². The largest absolute Gasteiger partial charge is 0.506 e. The molecule has 2 nitrogen and oxygen atoms in total. The zero-order chi connectivity index (χ0) is 10.8. The molecule has 0 bridgehead atoms. The number of hydrogen-bond acceptors (Lipinski definition) is 2. The van der Waals surface area contributed by atoms with Crippen molar-refractivity contribution < 1.29 is 9.50 Å². The first-order chi connectivity index (χ1) is 7.16. The molecule has 0 amide bonds. The highest BCUT2D eigenvalue weighted by Crippen LogP contribution is 2.22. The average molecular weight is 203 g/mol. The van der Waals surface area contributed by atoms with Gasteiger partial charge in [-0.05, 0) is 6.92 Å². The molecule has 0 fully saturated rings. The summed E-state index contributed by atoms with van der Waals surface area (Å²) < 4.78 is 13.4. The zero-order valence-corrected chi connectivity index (χ0v) is 8.24. The van der Waals surface area contributed by atoms with Crippen LogP contribution in [0.25, 0.3) is 11.3 Å². The van der Waals surface area contributed by atoms with Crippen LogP contribution in [-0.2, 0) is 0 Å². The van der Waals surface area contributed by atoms with Gasteiger partial charge in [-0.15, -0.1) is 0 Å². The lowest BCUT2D eigenvalue weighted by molar-refractivity contribution is 0.466. The Morgan fingerprint density at radius 3 is 2.47 bits per heavy atom. The lowest BCUT2D eigenvalue weighted by atomic mass is 10.1. The number of aromatic nitrogens is 1. The van der Waals surface area contributed by atoms with Crippen molar-refractivity contribution in [2.75, 3.05) is 0 Å². The molecule has 0 spiro atoms. The van der Waals surface area contributed by atoms with Crippen LogP contribution < -0.4 is 0 Å². The Bertz CT molecular complexity index is 479. The second-order valence-corrected chi connectivity index (χ2v) is 3.39. The van der Waals surface area contributed by atoms with Gasteiger partial charge in [0.15, 0.2) is 5.82 Å². The first-order valence-corrected chi connectivity index (χ1v) is 4.58. The summed E-state index contributed by atoms with van der Waals surface area (Å²) in [6, 6.07) is 8.45. The van der Waals surface area contributed by atoms with Crippen LogP contribution in [0, 0.1) is 12.7 Å². The molecule has 1 N–H and O–H groups in total. The second-order valence-electron chi connectivity index (χ2n) is 3.39. The molecule has 2 aromatic rings. The standard InChI is InChI=1S/C12H10FNO/c1-8-2-4-9(5-3-8)12-11(13)6-10(15)7-14-12/h2-7,15H,1H3. The molecular weight excluding hydrogens is 193 g/mol. The average Bonchev–Trinajstić information content (AvgIpc) is 2.20. The summed E-state index contributed by atoms with van der Waals surface area (Å²) in [5.74, 6) is -0.679. The van der Waals surface area contributed by atoms with Gasteiger partial charge in [-0.3, -0.25) is 0 Å². The summed E-state index contributed by atoms with van der Waals surface area (Å²) in [6.45, 7) is 1.96. The zero-order valence-electron chi connectivity index (χ0n) is 8.24. The summed E-state index contributed by atoms with van der Waals surface area (Å²) in [7, 11) is 0. The Morgan fingerprint density at radius 1 is 1.20 bits per heavy atom. The Kier molecular flexibility index (Phi) is 2.37. The van der Waals surface area contributed by atoms with Crippen molar-refractivity contribution in [1.29, 1.82) is 0 Å². The van der Waals surface area contributed by atoms with E-state index >= 15 is 0 Å². The fourth-order valence-corrected chi connectivity index (χ4v) is 1.35. The van der Waals surface area contributed by atoms with Crippen LogP contribution in [0.2, 0.25) is 0 Å². The number of pyridine rings is 1. The van der Waals surface area contributed by atoms with Crippen molar-refractivity contribution in [3.63, 3.8) is 0 Å². The van der Waals surface area contributed by atoms with Crippen LogP contribution in [0.3, 0.4) is 0 Å². The monoisotopic (exact) mass is 203 g/mol. The molecule has 0 saturated heterocycles. The SMILES string of the molecule is Cc1ccc(-c2ncc(O)cc2F)cc1. The molecule has 76 valence electrons. The van der Waals surface area contributed by atoms with Gasteiger partial charge in [-0.25, -0.2) is 9.37 Å². The van der Waals surface area contributed by atoms with E-state index in [1.165, 1.54) is 6.20 Å². The fraction of sp³-hybridized carbons (Fsp3) is 0.0833. The van der Waals surface area contributed by atoms with Crippen molar-refractivity contribution in [2.24, 2.45) is 0 Å². The van der Waals surface area contributed by atoms with Crippen LogP contribution in [-0.4, -0.2) is 10.1 Å². The van der Waals surface area contributed by atoms with Gasteiger partial charge in [0.05, 0.1) is 6.20 Å². The van der Waals surface area contributed by atoms with Gasteiger partial charge in [0.2, 0.25) is 0 Å². The quantitative estimate of drug-likeness (QED) is 0.773. The van der Waals surface area contributed by atoms with Gasteiger partial charge in [-0.2, -0.15) is 0 Å². The molecule has 0 atom stereocenters. The van der Waals surface area contributed by atoms with Gasteiger partial charge >= 0.3 is 0 Å². The molecule has 1 heterocycles. The third-order valence-electron chi connectivity index (χ3n) is 2.15.